The van der Waals surface area contributed by atoms with E-state index in [2.05, 4.69) is 43.3 Å². The van der Waals surface area contributed by atoms with Crippen LogP contribution in [0.25, 0.3) is 0 Å². The Kier molecular flexibility index (Phi) is 9.76. The van der Waals surface area contributed by atoms with Gasteiger partial charge in [-0.25, -0.2) is 0 Å². The molecule has 0 unspecified atom stereocenters. The molecule has 35 heavy (non-hydrogen) atoms. The number of benzene rings is 2. The van der Waals surface area contributed by atoms with Crippen LogP contribution in [0.4, 0.5) is 5.69 Å². The number of carbonyl (C=O) groups excluding carboxylic acids is 2. The Morgan fingerprint density at radius 2 is 1.97 bits per heavy atom. The van der Waals surface area contributed by atoms with Crippen LogP contribution in [0.15, 0.2) is 64.7 Å². The summed E-state index contributed by atoms with van der Waals surface area (Å²) in [5.41, 5.74) is 1.47. The minimum Gasteiger partial charge on any atom is -0.497 e. The Hall–Kier alpha value is -2.82. The number of hydrogen-bond acceptors (Lipinski definition) is 6. The molecule has 0 aliphatic carbocycles. The fourth-order valence-electron chi connectivity index (χ4n) is 3.21. The predicted molar refractivity (Wildman–Crippen MR) is 142 cm³/mol. The molecular weight excluding hydrogens is 554 g/mol. The number of allylic oxidation sites excluding steroid dienone is 1. The lowest BCUT2D eigenvalue weighted by Gasteiger charge is -2.15. The van der Waals surface area contributed by atoms with Gasteiger partial charge in [-0.3, -0.25) is 9.59 Å². The predicted octanol–water partition coefficient (Wildman–Crippen LogP) is 5.04. The molecule has 2 N–H and O–H groups in total. The van der Waals surface area contributed by atoms with E-state index in [-0.39, 0.29) is 30.0 Å². The van der Waals surface area contributed by atoms with Gasteiger partial charge in [-0.05, 0) is 58.7 Å². The molecule has 0 saturated carbocycles. The molecule has 0 bridgehead atoms. The van der Waals surface area contributed by atoms with Crippen molar-refractivity contribution in [2.75, 3.05) is 18.2 Å². The summed E-state index contributed by atoms with van der Waals surface area (Å²) in [4.78, 5) is 25.0. The second-order valence-corrected chi connectivity index (χ2v) is 9.72. The number of rotatable bonds is 11. The van der Waals surface area contributed by atoms with E-state index in [1.54, 1.807) is 31.4 Å². The van der Waals surface area contributed by atoms with E-state index >= 15 is 0 Å². The number of carbonyl (C=O) groups is 2. The normalized spacial score (nSPS) is 11.5. The molecule has 0 aliphatic rings. The Bertz CT molecular complexity index is 1200. The highest BCUT2D eigenvalue weighted by Gasteiger charge is 2.20. The topological polar surface area (TPSA) is 98.1 Å². The van der Waals surface area contributed by atoms with Crippen LogP contribution >= 0.6 is 39.3 Å². The van der Waals surface area contributed by atoms with Gasteiger partial charge in [0.1, 0.15) is 5.75 Å². The quantitative estimate of drug-likeness (QED) is 0.244. The first kappa shape index (κ1) is 26.8. The molecular formula is C24H25BrClN5O3S. The minimum absolute atomic E-state index is 0.126. The fraction of sp³-hybridized carbons (Fsp3) is 0.250. The van der Waals surface area contributed by atoms with Crippen molar-refractivity contribution < 1.29 is 14.3 Å². The van der Waals surface area contributed by atoms with Crippen LogP contribution in [0.3, 0.4) is 0 Å². The molecule has 0 aliphatic heterocycles. The van der Waals surface area contributed by atoms with Crippen molar-refractivity contribution in [2.24, 2.45) is 0 Å². The van der Waals surface area contributed by atoms with Crippen molar-refractivity contribution in [3.05, 3.63) is 76.0 Å². The van der Waals surface area contributed by atoms with E-state index < -0.39 is 0 Å². The van der Waals surface area contributed by atoms with Gasteiger partial charge in [0.05, 0.1) is 30.3 Å². The van der Waals surface area contributed by atoms with Crippen molar-refractivity contribution in [3.8, 4) is 5.75 Å². The largest absolute Gasteiger partial charge is 0.497 e. The van der Waals surface area contributed by atoms with Crippen molar-refractivity contribution in [3.63, 3.8) is 0 Å². The summed E-state index contributed by atoms with van der Waals surface area (Å²) in [6.07, 6.45) is 1.94. The van der Waals surface area contributed by atoms with Crippen LogP contribution in [0.5, 0.6) is 5.75 Å². The Labute approximate surface area is 221 Å². The zero-order valence-corrected chi connectivity index (χ0v) is 22.4. The van der Waals surface area contributed by atoms with Crippen LogP contribution in [-0.2, 0) is 22.6 Å². The minimum atomic E-state index is -0.388. The molecule has 0 fully saturated rings. The number of nitrogens with one attached hydrogen (secondary N) is 2. The fourth-order valence-corrected chi connectivity index (χ4v) is 4.40. The molecule has 0 saturated heterocycles. The second-order valence-electron chi connectivity index (χ2n) is 7.52. The lowest BCUT2D eigenvalue weighted by Crippen LogP contribution is -2.30. The number of nitrogens with zero attached hydrogens (tertiary/aromatic N) is 3. The molecule has 0 radical (unpaired) electrons. The van der Waals surface area contributed by atoms with Crippen LogP contribution < -0.4 is 15.4 Å². The SMILES string of the molecule is C=CCn1c(SCC(=O)Nc2ccc(Br)c(Cl)c2)nnc1[C@H](C)NC(=O)Cc1ccc(OC)cc1. The van der Waals surface area contributed by atoms with Gasteiger partial charge in [-0.1, -0.05) is 41.6 Å². The summed E-state index contributed by atoms with van der Waals surface area (Å²) in [6, 6.07) is 12.1. The Morgan fingerprint density at radius 1 is 1.23 bits per heavy atom. The zero-order chi connectivity index (χ0) is 25.4. The van der Waals surface area contributed by atoms with E-state index in [0.29, 0.717) is 28.2 Å². The van der Waals surface area contributed by atoms with Crippen LogP contribution in [0.1, 0.15) is 24.4 Å². The molecule has 0 spiro atoms. The Balaban J connectivity index is 1.60. The summed E-state index contributed by atoms with van der Waals surface area (Å²) in [7, 11) is 1.60. The molecule has 3 rings (SSSR count). The molecule has 1 aromatic heterocycles. The van der Waals surface area contributed by atoms with Crippen molar-refractivity contribution in [1.82, 2.24) is 20.1 Å². The van der Waals surface area contributed by atoms with E-state index in [1.807, 2.05) is 35.8 Å². The Morgan fingerprint density at radius 3 is 2.63 bits per heavy atom. The zero-order valence-electron chi connectivity index (χ0n) is 19.3. The van der Waals surface area contributed by atoms with Crippen LogP contribution in [0.2, 0.25) is 5.02 Å². The first-order chi connectivity index (χ1) is 16.8. The van der Waals surface area contributed by atoms with Crippen molar-refractivity contribution >= 4 is 56.8 Å². The summed E-state index contributed by atoms with van der Waals surface area (Å²) < 4.78 is 7.73. The molecule has 1 atom stereocenters. The highest BCUT2D eigenvalue weighted by Crippen LogP contribution is 2.26. The van der Waals surface area contributed by atoms with Gasteiger partial charge in [-0.2, -0.15) is 0 Å². The number of anilines is 1. The van der Waals surface area contributed by atoms with Gasteiger partial charge < -0.3 is 19.9 Å². The number of thioether (sulfide) groups is 1. The van der Waals surface area contributed by atoms with Crippen LogP contribution in [0, 0.1) is 0 Å². The number of ether oxygens (including phenoxy) is 1. The molecule has 184 valence electrons. The summed E-state index contributed by atoms with van der Waals surface area (Å²) >= 11 is 10.7. The van der Waals surface area contributed by atoms with Crippen molar-refractivity contribution in [1.29, 1.82) is 0 Å². The third kappa shape index (κ3) is 7.58. The van der Waals surface area contributed by atoms with E-state index in [9.17, 15) is 9.59 Å². The number of aromatic nitrogens is 3. The number of amides is 2. The average molecular weight is 579 g/mol. The highest BCUT2D eigenvalue weighted by molar-refractivity contribution is 9.10. The lowest BCUT2D eigenvalue weighted by molar-refractivity contribution is -0.121. The van der Waals surface area contributed by atoms with Crippen LogP contribution in [-0.4, -0.2) is 39.4 Å². The monoisotopic (exact) mass is 577 g/mol. The van der Waals surface area contributed by atoms with E-state index in [0.717, 1.165) is 15.8 Å². The van der Waals surface area contributed by atoms with Gasteiger partial charge in [0.15, 0.2) is 11.0 Å². The molecule has 2 amide bonds. The van der Waals surface area contributed by atoms with Gasteiger partial charge in [0.2, 0.25) is 11.8 Å². The first-order valence-corrected chi connectivity index (χ1v) is 12.8. The summed E-state index contributed by atoms with van der Waals surface area (Å²) in [6.45, 7) is 6.07. The van der Waals surface area contributed by atoms with Gasteiger partial charge >= 0.3 is 0 Å². The molecule has 2 aromatic carbocycles. The standard InChI is InChI=1S/C24H25BrClN5O3S/c1-4-11-31-23(15(2)27-21(32)12-16-5-8-18(34-3)9-6-16)29-30-24(31)35-14-22(33)28-17-7-10-19(25)20(26)13-17/h4-10,13,15H,1,11-12,14H2,2-3H3,(H,27,32)(H,28,33)/t15-/m0/s1. The van der Waals surface area contributed by atoms with E-state index in [4.69, 9.17) is 16.3 Å². The van der Waals surface area contributed by atoms with Crippen molar-refractivity contribution in [2.45, 2.75) is 31.1 Å². The van der Waals surface area contributed by atoms with Gasteiger partial charge in [-0.15, -0.1) is 16.8 Å². The molecule has 11 heteroatoms. The molecule has 3 aromatic rings. The maximum atomic E-state index is 12.6. The summed E-state index contributed by atoms with van der Waals surface area (Å²) in [5.74, 6) is 1.10. The lowest BCUT2D eigenvalue weighted by atomic mass is 10.1. The average Bonchev–Trinajstić information content (AvgIpc) is 3.23. The van der Waals surface area contributed by atoms with Gasteiger partial charge in [0.25, 0.3) is 0 Å². The number of halogens is 2. The number of hydrogen-bond donors (Lipinski definition) is 2. The smallest absolute Gasteiger partial charge is 0.234 e. The maximum absolute atomic E-state index is 12.6. The highest BCUT2D eigenvalue weighted by atomic mass is 79.9. The van der Waals surface area contributed by atoms with Gasteiger partial charge in [0, 0.05) is 16.7 Å². The number of methoxy groups -OCH3 is 1. The third-order valence-electron chi connectivity index (χ3n) is 4.88. The molecule has 1 heterocycles. The third-order valence-corrected chi connectivity index (χ3v) is 7.08. The first-order valence-electron chi connectivity index (χ1n) is 10.6. The maximum Gasteiger partial charge on any atom is 0.234 e. The summed E-state index contributed by atoms with van der Waals surface area (Å²) in [5, 5.41) is 15.3. The second kappa shape index (κ2) is 12.8. The molecule has 8 nitrogen and oxygen atoms in total. The van der Waals surface area contributed by atoms with E-state index in [1.165, 1.54) is 11.8 Å².